The van der Waals surface area contributed by atoms with E-state index in [9.17, 15) is 9.59 Å². The van der Waals surface area contributed by atoms with Crippen LogP contribution >= 0.6 is 0 Å². The van der Waals surface area contributed by atoms with E-state index < -0.39 is 0 Å². The lowest BCUT2D eigenvalue weighted by molar-refractivity contribution is -0.121. The van der Waals surface area contributed by atoms with Gasteiger partial charge < -0.3 is 10.2 Å². The maximum atomic E-state index is 13.1. The molecule has 6 nitrogen and oxygen atoms in total. The second-order valence-electron chi connectivity index (χ2n) is 7.44. The molecule has 3 aromatic rings. The predicted octanol–water partition coefficient (Wildman–Crippen LogP) is 2.95. The van der Waals surface area contributed by atoms with Gasteiger partial charge in [-0.1, -0.05) is 60.7 Å². The quantitative estimate of drug-likeness (QED) is 0.677. The summed E-state index contributed by atoms with van der Waals surface area (Å²) < 4.78 is 1.78. The van der Waals surface area contributed by atoms with E-state index in [2.05, 4.69) is 10.4 Å². The van der Waals surface area contributed by atoms with Crippen LogP contribution in [0.15, 0.2) is 66.9 Å². The minimum Gasteiger partial charge on any atom is -0.352 e. The van der Waals surface area contributed by atoms with Gasteiger partial charge in [-0.15, -0.1) is 0 Å². The Morgan fingerprint density at radius 2 is 1.72 bits per heavy atom. The number of hydrogen-bond acceptors (Lipinski definition) is 3. The zero-order chi connectivity index (χ0) is 20.2. The van der Waals surface area contributed by atoms with Gasteiger partial charge in [-0.05, 0) is 18.4 Å². The normalized spacial score (nSPS) is 13.1. The zero-order valence-corrected chi connectivity index (χ0v) is 16.4. The van der Waals surface area contributed by atoms with E-state index in [0.29, 0.717) is 17.8 Å². The summed E-state index contributed by atoms with van der Waals surface area (Å²) in [7, 11) is 1.65. The van der Waals surface area contributed by atoms with E-state index in [-0.39, 0.29) is 24.4 Å². The first-order valence-corrected chi connectivity index (χ1v) is 9.82. The van der Waals surface area contributed by atoms with Gasteiger partial charge >= 0.3 is 0 Å². The molecule has 0 spiro atoms. The average Bonchev–Trinajstić information content (AvgIpc) is 3.45. The molecule has 6 heteroatoms. The molecule has 4 rings (SSSR count). The van der Waals surface area contributed by atoms with Crippen molar-refractivity contribution in [2.24, 2.45) is 0 Å². The van der Waals surface area contributed by atoms with Crippen molar-refractivity contribution < 1.29 is 9.59 Å². The Balaban J connectivity index is 1.59. The third-order valence-corrected chi connectivity index (χ3v) is 4.90. The molecule has 0 aliphatic heterocycles. The molecule has 148 valence electrons. The molecular formula is C23H24N4O2. The van der Waals surface area contributed by atoms with E-state index in [4.69, 9.17) is 0 Å². The first-order chi connectivity index (χ1) is 14.1. The number of carbonyl (C=O) groups is 2. The minimum absolute atomic E-state index is 0.0351. The second kappa shape index (κ2) is 8.31. The lowest BCUT2D eigenvalue weighted by Gasteiger charge is -2.16. The van der Waals surface area contributed by atoms with Crippen LogP contribution in [0, 0.1) is 0 Å². The van der Waals surface area contributed by atoms with Crippen molar-refractivity contribution in [3.05, 3.63) is 78.0 Å². The van der Waals surface area contributed by atoms with Crippen LogP contribution in [0.3, 0.4) is 0 Å². The summed E-state index contributed by atoms with van der Waals surface area (Å²) in [6, 6.07) is 19.9. The Labute approximate surface area is 170 Å². The Morgan fingerprint density at radius 3 is 2.38 bits per heavy atom. The van der Waals surface area contributed by atoms with Gasteiger partial charge in [0.05, 0.1) is 18.7 Å². The highest BCUT2D eigenvalue weighted by Gasteiger charge is 2.26. The van der Waals surface area contributed by atoms with Gasteiger partial charge in [-0.3, -0.25) is 14.3 Å². The molecule has 1 aliphatic carbocycles. The molecule has 29 heavy (non-hydrogen) atoms. The molecule has 1 saturated carbocycles. The first kappa shape index (κ1) is 18.9. The van der Waals surface area contributed by atoms with E-state index in [0.717, 1.165) is 24.0 Å². The van der Waals surface area contributed by atoms with Crippen LogP contribution in [-0.4, -0.2) is 46.1 Å². The van der Waals surface area contributed by atoms with E-state index in [1.54, 1.807) is 17.9 Å². The maximum Gasteiger partial charge on any atom is 0.257 e. The van der Waals surface area contributed by atoms with E-state index >= 15 is 0 Å². The van der Waals surface area contributed by atoms with Crippen molar-refractivity contribution in [2.45, 2.75) is 25.4 Å². The topological polar surface area (TPSA) is 67.2 Å². The summed E-state index contributed by atoms with van der Waals surface area (Å²) in [6.07, 6.45) is 3.81. The van der Waals surface area contributed by atoms with Crippen molar-refractivity contribution >= 4 is 11.8 Å². The number of nitrogens with zero attached hydrogens (tertiary/aromatic N) is 3. The largest absolute Gasteiger partial charge is 0.352 e. The van der Waals surface area contributed by atoms with Crippen LogP contribution in [0.25, 0.3) is 11.3 Å². The molecule has 0 radical (unpaired) electrons. The Bertz CT molecular complexity index is 994. The number of carbonyl (C=O) groups excluding carboxylic acids is 2. The number of aromatic nitrogens is 2. The number of hydrogen-bond donors (Lipinski definition) is 1. The van der Waals surface area contributed by atoms with Crippen LogP contribution < -0.4 is 5.32 Å². The Morgan fingerprint density at radius 1 is 1.07 bits per heavy atom. The van der Waals surface area contributed by atoms with Crippen molar-refractivity contribution in [1.29, 1.82) is 0 Å². The Kier molecular flexibility index (Phi) is 5.42. The summed E-state index contributed by atoms with van der Waals surface area (Å²) in [5.74, 6) is -0.338. The highest BCUT2D eigenvalue weighted by molar-refractivity contribution is 6.01. The average molecular weight is 388 g/mol. The molecule has 1 aliphatic rings. The molecule has 1 N–H and O–H groups in total. The zero-order valence-electron chi connectivity index (χ0n) is 16.4. The molecule has 0 saturated heterocycles. The van der Waals surface area contributed by atoms with Gasteiger partial charge in [-0.2, -0.15) is 5.10 Å². The fourth-order valence-corrected chi connectivity index (χ4v) is 3.23. The van der Waals surface area contributed by atoms with Crippen LogP contribution in [0.2, 0.25) is 0 Å². The molecular weight excluding hydrogens is 364 g/mol. The molecule has 2 aromatic carbocycles. The van der Waals surface area contributed by atoms with Gasteiger partial charge in [0.25, 0.3) is 5.91 Å². The molecule has 1 aromatic heterocycles. The fraction of sp³-hybridized carbons (Fsp3) is 0.261. The summed E-state index contributed by atoms with van der Waals surface area (Å²) in [5, 5.41) is 7.61. The van der Waals surface area contributed by atoms with E-state index in [1.807, 2.05) is 60.7 Å². The summed E-state index contributed by atoms with van der Waals surface area (Å²) in [4.78, 5) is 26.7. The molecule has 2 amide bonds. The van der Waals surface area contributed by atoms with Crippen molar-refractivity contribution in [2.75, 3.05) is 13.6 Å². The van der Waals surface area contributed by atoms with Gasteiger partial charge in [0.1, 0.15) is 5.69 Å². The fourth-order valence-electron chi connectivity index (χ4n) is 3.23. The van der Waals surface area contributed by atoms with Gasteiger partial charge in [0.15, 0.2) is 0 Å². The number of rotatable bonds is 7. The number of benzene rings is 2. The van der Waals surface area contributed by atoms with Gasteiger partial charge in [0.2, 0.25) is 5.91 Å². The van der Waals surface area contributed by atoms with Crippen LogP contribution in [0.1, 0.15) is 28.8 Å². The van der Waals surface area contributed by atoms with Crippen LogP contribution in [0.4, 0.5) is 0 Å². The molecule has 0 bridgehead atoms. The van der Waals surface area contributed by atoms with Crippen molar-refractivity contribution in [1.82, 2.24) is 20.0 Å². The second-order valence-corrected chi connectivity index (χ2v) is 7.44. The third kappa shape index (κ3) is 4.71. The van der Waals surface area contributed by atoms with E-state index in [1.165, 1.54) is 4.90 Å². The molecule has 1 fully saturated rings. The van der Waals surface area contributed by atoms with Gasteiger partial charge in [0, 0.05) is 24.8 Å². The molecule has 1 heterocycles. The van der Waals surface area contributed by atoms with Crippen LogP contribution in [-0.2, 0) is 11.3 Å². The monoisotopic (exact) mass is 388 g/mol. The lowest BCUT2D eigenvalue weighted by Crippen LogP contribution is -2.39. The third-order valence-electron chi connectivity index (χ3n) is 4.90. The Hall–Kier alpha value is -3.41. The highest BCUT2D eigenvalue weighted by atomic mass is 16.2. The summed E-state index contributed by atoms with van der Waals surface area (Å²) in [5.41, 5.74) is 3.10. The predicted molar refractivity (Wildman–Crippen MR) is 111 cm³/mol. The SMILES string of the molecule is CN(CC(=O)NC1CC1)C(=O)c1cn(Cc2ccccc2)nc1-c1ccccc1. The first-order valence-electron chi connectivity index (χ1n) is 9.82. The summed E-state index contributed by atoms with van der Waals surface area (Å²) >= 11 is 0. The maximum absolute atomic E-state index is 13.1. The standard InChI is InChI=1S/C23H24N4O2/c1-26(16-21(28)24-19-12-13-19)23(29)20-15-27(14-17-8-4-2-5-9-17)25-22(20)18-10-6-3-7-11-18/h2-11,15,19H,12-14,16H2,1H3,(H,24,28). The molecule has 0 atom stereocenters. The van der Waals surface area contributed by atoms with Crippen LogP contribution in [0.5, 0.6) is 0 Å². The van der Waals surface area contributed by atoms with Crippen molar-refractivity contribution in [3.8, 4) is 11.3 Å². The van der Waals surface area contributed by atoms with Gasteiger partial charge in [-0.25, -0.2) is 0 Å². The van der Waals surface area contributed by atoms with Crippen molar-refractivity contribution in [3.63, 3.8) is 0 Å². The molecule has 0 unspecified atom stereocenters. The summed E-state index contributed by atoms with van der Waals surface area (Å²) in [6.45, 7) is 0.604. The number of likely N-dealkylation sites (N-methyl/N-ethyl adjacent to an activating group) is 1. The lowest BCUT2D eigenvalue weighted by atomic mass is 10.1. The number of nitrogens with one attached hydrogen (secondary N) is 1. The minimum atomic E-state index is -0.214. The number of amides is 2. The highest BCUT2D eigenvalue weighted by Crippen LogP contribution is 2.24. The smallest absolute Gasteiger partial charge is 0.257 e.